The zero-order valence-corrected chi connectivity index (χ0v) is 21.0. The van der Waals surface area contributed by atoms with Crippen molar-refractivity contribution in [2.24, 2.45) is 11.8 Å². The molecule has 4 rings (SSSR count). The average Bonchev–Trinajstić information content (AvgIpc) is 3.45. The number of halogens is 1. The number of nitrogens with zero attached hydrogens (tertiary/aromatic N) is 1. The Morgan fingerprint density at radius 2 is 1.71 bits per heavy atom. The van der Waals surface area contributed by atoms with Gasteiger partial charge in [0.2, 0.25) is 5.91 Å². The first-order valence-corrected chi connectivity index (χ1v) is 13.0. The molecule has 0 radical (unpaired) electrons. The van der Waals surface area contributed by atoms with Crippen molar-refractivity contribution >= 4 is 33.2 Å². The number of anilines is 1. The number of rotatable bonds is 9. The number of hydrogen-bond donors (Lipinski definition) is 1. The van der Waals surface area contributed by atoms with Crippen LogP contribution in [0.25, 0.3) is 0 Å². The minimum Gasteiger partial charge on any atom is -0.495 e. The van der Waals surface area contributed by atoms with E-state index >= 15 is 0 Å². The molecular weight excluding hydrogens is 480 g/mol. The van der Waals surface area contributed by atoms with Gasteiger partial charge in [-0.2, -0.15) is 0 Å². The van der Waals surface area contributed by atoms with E-state index in [1.807, 2.05) is 0 Å². The third-order valence-corrected chi connectivity index (χ3v) is 8.72. The van der Waals surface area contributed by atoms with Crippen LogP contribution in [-0.4, -0.2) is 48.2 Å². The maximum atomic E-state index is 13.8. The van der Waals surface area contributed by atoms with E-state index in [4.69, 9.17) is 25.8 Å². The summed E-state index contributed by atoms with van der Waals surface area (Å²) < 4.78 is 44.6. The summed E-state index contributed by atoms with van der Waals surface area (Å²) in [4.78, 5) is 13.1. The Balaban J connectivity index is 1.70. The molecule has 1 amide bonds. The molecule has 1 N–H and O–H groups in total. The maximum Gasteiger partial charge on any atom is 0.265 e. The molecule has 0 unspecified atom stereocenters. The third-order valence-electron chi connectivity index (χ3n) is 6.72. The first-order valence-electron chi connectivity index (χ1n) is 11.1. The lowest BCUT2D eigenvalue weighted by atomic mass is 9.95. The first kappa shape index (κ1) is 24.5. The molecule has 0 aliphatic heterocycles. The van der Waals surface area contributed by atoms with E-state index in [-0.39, 0.29) is 34.0 Å². The molecule has 10 heteroatoms. The van der Waals surface area contributed by atoms with Crippen LogP contribution in [-0.2, 0) is 14.8 Å². The molecule has 0 saturated heterocycles. The number of sulfonamides is 1. The van der Waals surface area contributed by atoms with Crippen LogP contribution in [0.15, 0.2) is 41.3 Å². The maximum absolute atomic E-state index is 13.8. The number of hydrogen-bond acceptors (Lipinski definition) is 6. The molecule has 8 nitrogen and oxygen atoms in total. The van der Waals surface area contributed by atoms with Gasteiger partial charge < -0.3 is 19.5 Å². The largest absolute Gasteiger partial charge is 0.495 e. The second-order valence-electron chi connectivity index (χ2n) is 8.69. The summed E-state index contributed by atoms with van der Waals surface area (Å²) in [6.45, 7) is -0.415. The fraction of sp³-hybridized carbons (Fsp3) is 0.458. The van der Waals surface area contributed by atoms with Gasteiger partial charge in [-0.05, 0) is 61.4 Å². The summed E-state index contributed by atoms with van der Waals surface area (Å²) >= 11 is 6.20. The Hall–Kier alpha value is -2.65. The number of ether oxygens (including phenoxy) is 3. The Bertz CT molecular complexity index is 1170. The van der Waals surface area contributed by atoms with E-state index < -0.39 is 16.6 Å². The number of carbonyl (C=O) groups is 1. The molecular formula is C24H29ClN2O6S. The molecule has 0 spiro atoms. The van der Waals surface area contributed by atoms with Crippen LogP contribution in [0, 0.1) is 11.8 Å². The third kappa shape index (κ3) is 4.77. The second kappa shape index (κ2) is 9.92. The zero-order valence-electron chi connectivity index (χ0n) is 19.4. The number of benzene rings is 2. The summed E-state index contributed by atoms with van der Waals surface area (Å²) in [5.41, 5.74) is 0.174. The van der Waals surface area contributed by atoms with E-state index in [0.29, 0.717) is 22.6 Å². The van der Waals surface area contributed by atoms with Gasteiger partial charge >= 0.3 is 0 Å². The summed E-state index contributed by atoms with van der Waals surface area (Å²) in [5.74, 6) is 1.67. The Labute approximate surface area is 205 Å². The van der Waals surface area contributed by atoms with Crippen molar-refractivity contribution in [1.29, 1.82) is 0 Å². The molecule has 2 fully saturated rings. The number of carbonyl (C=O) groups excluding carboxylic acids is 1. The lowest BCUT2D eigenvalue weighted by Crippen LogP contribution is -2.46. The summed E-state index contributed by atoms with van der Waals surface area (Å²) in [6.07, 6.45) is 4.38. The predicted octanol–water partition coefficient (Wildman–Crippen LogP) is 3.87. The van der Waals surface area contributed by atoms with Gasteiger partial charge in [0.1, 0.15) is 12.3 Å². The van der Waals surface area contributed by atoms with Crippen LogP contribution >= 0.6 is 11.6 Å². The molecule has 2 aromatic rings. The van der Waals surface area contributed by atoms with Gasteiger partial charge in [-0.15, -0.1) is 0 Å². The zero-order chi connectivity index (χ0) is 24.5. The van der Waals surface area contributed by atoms with Crippen LogP contribution in [0.4, 0.5) is 5.69 Å². The lowest BCUT2D eigenvalue weighted by molar-refractivity contribution is -0.120. The van der Waals surface area contributed by atoms with Gasteiger partial charge in [-0.3, -0.25) is 9.10 Å². The monoisotopic (exact) mass is 508 g/mol. The molecule has 184 valence electrons. The Kier molecular flexibility index (Phi) is 7.14. The van der Waals surface area contributed by atoms with Crippen LogP contribution in [0.1, 0.15) is 25.7 Å². The molecule has 3 atom stereocenters. The van der Waals surface area contributed by atoms with Crippen LogP contribution in [0.5, 0.6) is 17.2 Å². The van der Waals surface area contributed by atoms with Crippen molar-refractivity contribution in [1.82, 2.24) is 5.32 Å². The second-order valence-corrected chi connectivity index (χ2v) is 11.0. The van der Waals surface area contributed by atoms with Crippen LogP contribution in [0.3, 0.4) is 0 Å². The van der Waals surface area contributed by atoms with Gasteiger partial charge in [0, 0.05) is 17.1 Å². The highest BCUT2D eigenvalue weighted by Crippen LogP contribution is 2.44. The van der Waals surface area contributed by atoms with Crippen molar-refractivity contribution in [2.45, 2.75) is 36.6 Å². The van der Waals surface area contributed by atoms with E-state index in [2.05, 4.69) is 5.32 Å². The van der Waals surface area contributed by atoms with Crippen LogP contribution < -0.4 is 23.8 Å². The molecule has 2 aliphatic carbocycles. The molecule has 0 aromatic heterocycles. The minimum atomic E-state index is -4.20. The fourth-order valence-corrected chi connectivity index (χ4v) is 6.67. The van der Waals surface area contributed by atoms with Gasteiger partial charge in [-0.1, -0.05) is 18.0 Å². The summed E-state index contributed by atoms with van der Waals surface area (Å²) in [6, 6.07) is 9.01. The standard InChI is InChI=1S/C24H29ClN2O6S/c1-31-21-8-6-17(25)12-20(21)27(14-24(28)26-19-11-15-4-5-16(19)10-15)34(29,30)18-7-9-22(32-2)23(13-18)33-3/h6-9,12-13,15-16,19H,4-5,10-11,14H2,1-3H3,(H,26,28)/t15-,16-,19-/m1/s1. The predicted molar refractivity (Wildman–Crippen MR) is 129 cm³/mol. The highest BCUT2D eigenvalue weighted by molar-refractivity contribution is 7.92. The van der Waals surface area contributed by atoms with Crippen molar-refractivity contribution in [3.63, 3.8) is 0 Å². The van der Waals surface area contributed by atoms with Crippen molar-refractivity contribution < 1.29 is 27.4 Å². The smallest absolute Gasteiger partial charge is 0.265 e. The normalized spacial score (nSPS) is 21.2. The molecule has 2 aliphatic rings. The van der Waals surface area contributed by atoms with Gasteiger partial charge in [0.15, 0.2) is 11.5 Å². The van der Waals surface area contributed by atoms with E-state index in [0.717, 1.165) is 23.6 Å². The number of fused-ring (bicyclic) bond motifs is 2. The topological polar surface area (TPSA) is 94.2 Å². The highest BCUT2D eigenvalue weighted by atomic mass is 35.5. The van der Waals surface area contributed by atoms with Gasteiger partial charge in [0.25, 0.3) is 10.0 Å². The molecule has 2 bridgehead atoms. The number of nitrogens with one attached hydrogen (secondary N) is 1. The van der Waals surface area contributed by atoms with E-state index in [1.54, 1.807) is 12.1 Å². The quantitative estimate of drug-likeness (QED) is 0.552. The van der Waals surface area contributed by atoms with E-state index in [9.17, 15) is 13.2 Å². The van der Waals surface area contributed by atoms with Gasteiger partial charge in [-0.25, -0.2) is 8.42 Å². The minimum absolute atomic E-state index is 0.0556. The SMILES string of the molecule is COc1ccc(S(=O)(=O)N(CC(=O)N[C@@H]2C[C@@H]3CC[C@@H]2C3)c2cc(Cl)ccc2OC)cc1OC. The van der Waals surface area contributed by atoms with Gasteiger partial charge in [0.05, 0.1) is 31.9 Å². The molecule has 2 aromatic carbocycles. The molecule has 34 heavy (non-hydrogen) atoms. The Morgan fingerprint density at radius 1 is 1.00 bits per heavy atom. The number of methoxy groups -OCH3 is 3. The molecule has 2 saturated carbocycles. The van der Waals surface area contributed by atoms with E-state index in [1.165, 1.54) is 52.0 Å². The lowest BCUT2D eigenvalue weighted by Gasteiger charge is -2.28. The fourth-order valence-electron chi connectivity index (χ4n) is 5.07. The number of amides is 1. The summed E-state index contributed by atoms with van der Waals surface area (Å²) in [7, 11) is 0.125. The Morgan fingerprint density at radius 3 is 2.32 bits per heavy atom. The van der Waals surface area contributed by atoms with Crippen molar-refractivity contribution in [3.05, 3.63) is 41.4 Å². The van der Waals surface area contributed by atoms with Crippen LogP contribution in [0.2, 0.25) is 5.02 Å². The average molecular weight is 509 g/mol. The summed E-state index contributed by atoms with van der Waals surface area (Å²) in [5, 5.41) is 3.38. The molecule has 0 heterocycles. The first-order chi connectivity index (χ1) is 16.3. The van der Waals surface area contributed by atoms with Crippen molar-refractivity contribution in [2.75, 3.05) is 32.2 Å². The van der Waals surface area contributed by atoms with Crippen molar-refractivity contribution in [3.8, 4) is 17.2 Å². The highest BCUT2D eigenvalue weighted by Gasteiger charge is 2.40.